The normalized spacial score (nSPS) is 35.6. The molecule has 2 saturated carbocycles. The number of rotatable bonds is 5. The van der Waals surface area contributed by atoms with E-state index in [1.165, 1.54) is 32.1 Å². The van der Waals surface area contributed by atoms with Gasteiger partial charge in [-0.2, -0.15) is 0 Å². The van der Waals surface area contributed by atoms with Crippen LogP contribution in [0, 0.1) is 11.8 Å². The van der Waals surface area contributed by atoms with E-state index in [9.17, 15) is 5.11 Å². The third-order valence-electron chi connectivity index (χ3n) is 4.32. The Morgan fingerprint density at radius 2 is 2.00 bits per heavy atom. The molecule has 16 heavy (non-hydrogen) atoms. The van der Waals surface area contributed by atoms with Gasteiger partial charge in [0, 0.05) is 18.6 Å². The van der Waals surface area contributed by atoms with E-state index < -0.39 is 0 Å². The van der Waals surface area contributed by atoms with Gasteiger partial charge in [-0.25, -0.2) is 0 Å². The summed E-state index contributed by atoms with van der Waals surface area (Å²) in [7, 11) is 0. The second-order valence-electron chi connectivity index (χ2n) is 5.67. The van der Waals surface area contributed by atoms with Gasteiger partial charge in [0.05, 0.1) is 6.61 Å². The van der Waals surface area contributed by atoms with Gasteiger partial charge in [0.15, 0.2) is 0 Å². The van der Waals surface area contributed by atoms with E-state index in [0.717, 1.165) is 25.0 Å². The minimum Gasteiger partial charge on any atom is -0.395 e. The number of nitrogens with two attached hydrogens (primary N) is 1. The molecule has 3 atom stereocenters. The summed E-state index contributed by atoms with van der Waals surface area (Å²) in [6, 6.07) is 1.38. The number of hydrogen-bond donors (Lipinski definition) is 2. The van der Waals surface area contributed by atoms with Crippen LogP contribution >= 0.6 is 0 Å². The average molecular weight is 226 g/mol. The highest BCUT2D eigenvalue weighted by Crippen LogP contribution is 2.37. The number of hydrogen-bond acceptors (Lipinski definition) is 3. The lowest BCUT2D eigenvalue weighted by Crippen LogP contribution is -2.48. The van der Waals surface area contributed by atoms with Gasteiger partial charge in [-0.3, -0.25) is 4.90 Å². The Balaban J connectivity index is 2.00. The van der Waals surface area contributed by atoms with E-state index in [-0.39, 0.29) is 0 Å². The smallest absolute Gasteiger partial charge is 0.0558 e. The molecule has 0 amide bonds. The molecule has 0 bridgehead atoms. The predicted octanol–water partition coefficient (Wildman–Crippen LogP) is 1.21. The first-order valence-electron chi connectivity index (χ1n) is 6.83. The zero-order valence-electron chi connectivity index (χ0n) is 10.4. The van der Waals surface area contributed by atoms with Gasteiger partial charge in [-0.15, -0.1) is 0 Å². The molecule has 0 heterocycles. The third kappa shape index (κ3) is 2.76. The van der Waals surface area contributed by atoms with Crippen LogP contribution in [0.1, 0.15) is 39.0 Å². The summed E-state index contributed by atoms with van der Waals surface area (Å²) in [5.74, 6) is 1.48. The van der Waals surface area contributed by atoms with Crippen molar-refractivity contribution in [3.63, 3.8) is 0 Å². The summed E-state index contributed by atoms with van der Waals surface area (Å²) in [4.78, 5) is 2.55. The first kappa shape index (κ1) is 12.3. The van der Waals surface area contributed by atoms with Crippen LogP contribution in [-0.4, -0.2) is 41.8 Å². The van der Waals surface area contributed by atoms with Crippen molar-refractivity contribution in [3.8, 4) is 0 Å². The van der Waals surface area contributed by atoms with Crippen LogP contribution in [-0.2, 0) is 0 Å². The van der Waals surface area contributed by atoms with Gasteiger partial charge < -0.3 is 10.8 Å². The van der Waals surface area contributed by atoms with Crippen molar-refractivity contribution in [3.05, 3.63) is 0 Å². The maximum Gasteiger partial charge on any atom is 0.0558 e. The Hall–Kier alpha value is -0.120. The molecule has 3 N–H and O–H groups in total. The molecule has 2 rings (SSSR count). The van der Waals surface area contributed by atoms with Crippen molar-refractivity contribution in [1.82, 2.24) is 4.90 Å². The van der Waals surface area contributed by atoms with E-state index in [4.69, 9.17) is 5.73 Å². The molecule has 0 aromatic rings. The Labute approximate surface area is 99.0 Å². The molecule has 0 spiro atoms. The van der Waals surface area contributed by atoms with Crippen LogP contribution in [0.3, 0.4) is 0 Å². The molecule has 3 heteroatoms. The van der Waals surface area contributed by atoms with Crippen molar-refractivity contribution in [2.75, 3.05) is 19.7 Å². The standard InChI is InChI=1S/C13H26N2O/c1-10-2-3-11(9-14)13(8-10)15(6-7-16)12-4-5-12/h10-13,16H,2-9,14H2,1H3. The summed E-state index contributed by atoms with van der Waals surface area (Å²) < 4.78 is 0. The molecule has 0 aliphatic heterocycles. The highest BCUT2D eigenvalue weighted by atomic mass is 16.3. The molecule has 3 nitrogen and oxygen atoms in total. The van der Waals surface area contributed by atoms with E-state index >= 15 is 0 Å². The predicted molar refractivity (Wildman–Crippen MR) is 66.2 cm³/mol. The van der Waals surface area contributed by atoms with Gasteiger partial charge in [0.2, 0.25) is 0 Å². The van der Waals surface area contributed by atoms with Crippen molar-refractivity contribution < 1.29 is 5.11 Å². The molecule has 0 aromatic carbocycles. The quantitative estimate of drug-likeness (QED) is 0.741. The zero-order valence-corrected chi connectivity index (χ0v) is 10.4. The fourth-order valence-corrected chi connectivity index (χ4v) is 3.24. The van der Waals surface area contributed by atoms with Crippen molar-refractivity contribution in [2.45, 2.75) is 51.1 Å². The van der Waals surface area contributed by atoms with Gasteiger partial charge >= 0.3 is 0 Å². The largest absolute Gasteiger partial charge is 0.395 e. The van der Waals surface area contributed by atoms with Crippen LogP contribution in [0.15, 0.2) is 0 Å². The number of aliphatic hydroxyl groups excluding tert-OH is 1. The highest BCUT2D eigenvalue weighted by Gasteiger charge is 2.38. The first-order valence-corrected chi connectivity index (χ1v) is 6.83. The van der Waals surface area contributed by atoms with Crippen LogP contribution in [0.2, 0.25) is 0 Å². The van der Waals surface area contributed by atoms with Crippen molar-refractivity contribution >= 4 is 0 Å². The number of nitrogens with zero attached hydrogens (tertiary/aromatic N) is 1. The fraction of sp³-hybridized carbons (Fsp3) is 1.00. The minimum atomic E-state index is 0.290. The topological polar surface area (TPSA) is 49.5 Å². The Kier molecular flexibility index (Phi) is 4.22. The molecule has 0 radical (unpaired) electrons. The van der Waals surface area contributed by atoms with Crippen molar-refractivity contribution in [1.29, 1.82) is 0 Å². The molecular weight excluding hydrogens is 200 g/mol. The summed E-state index contributed by atoms with van der Waals surface area (Å²) in [6.07, 6.45) is 6.52. The van der Waals surface area contributed by atoms with Crippen LogP contribution in [0.5, 0.6) is 0 Å². The van der Waals surface area contributed by atoms with Gasteiger partial charge in [0.25, 0.3) is 0 Å². The van der Waals surface area contributed by atoms with Gasteiger partial charge in [-0.05, 0) is 44.1 Å². The Morgan fingerprint density at radius 3 is 2.56 bits per heavy atom. The molecule has 2 fully saturated rings. The lowest BCUT2D eigenvalue weighted by molar-refractivity contribution is 0.0632. The lowest BCUT2D eigenvalue weighted by atomic mass is 9.78. The van der Waals surface area contributed by atoms with E-state index in [2.05, 4.69) is 11.8 Å². The van der Waals surface area contributed by atoms with Crippen LogP contribution in [0.4, 0.5) is 0 Å². The van der Waals surface area contributed by atoms with E-state index in [0.29, 0.717) is 18.6 Å². The monoisotopic (exact) mass is 226 g/mol. The molecule has 0 aromatic heterocycles. The zero-order chi connectivity index (χ0) is 11.5. The van der Waals surface area contributed by atoms with Crippen LogP contribution < -0.4 is 5.73 Å². The van der Waals surface area contributed by atoms with Crippen molar-refractivity contribution in [2.24, 2.45) is 17.6 Å². The maximum absolute atomic E-state index is 9.20. The maximum atomic E-state index is 9.20. The molecule has 0 saturated heterocycles. The lowest BCUT2D eigenvalue weighted by Gasteiger charge is -2.42. The second-order valence-corrected chi connectivity index (χ2v) is 5.67. The number of aliphatic hydroxyl groups is 1. The Morgan fingerprint density at radius 1 is 1.25 bits per heavy atom. The molecule has 2 aliphatic rings. The minimum absolute atomic E-state index is 0.290. The van der Waals surface area contributed by atoms with E-state index in [1.807, 2.05) is 0 Å². The van der Waals surface area contributed by atoms with Crippen LogP contribution in [0.25, 0.3) is 0 Å². The van der Waals surface area contributed by atoms with Gasteiger partial charge in [-0.1, -0.05) is 13.3 Å². The summed E-state index contributed by atoms with van der Waals surface area (Å²) in [5.41, 5.74) is 5.90. The highest BCUT2D eigenvalue weighted by molar-refractivity contribution is 4.94. The molecular formula is C13H26N2O. The fourth-order valence-electron chi connectivity index (χ4n) is 3.24. The van der Waals surface area contributed by atoms with E-state index in [1.54, 1.807) is 0 Å². The average Bonchev–Trinajstić information content (AvgIpc) is 3.10. The Bertz CT molecular complexity index is 218. The molecule has 94 valence electrons. The molecule has 3 unspecified atom stereocenters. The first-order chi connectivity index (χ1) is 7.76. The summed E-state index contributed by atoms with van der Waals surface area (Å²) in [5, 5.41) is 9.20. The third-order valence-corrected chi connectivity index (χ3v) is 4.32. The summed E-state index contributed by atoms with van der Waals surface area (Å²) >= 11 is 0. The molecule has 2 aliphatic carbocycles. The second kappa shape index (κ2) is 5.48. The summed E-state index contributed by atoms with van der Waals surface area (Å²) in [6.45, 7) is 4.30. The SMILES string of the molecule is CC1CCC(CN)C(N(CCO)C2CC2)C1. The van der Waals surface area contributed by atoms with Gasteiger partial charge in [0.1, 0.15) is 0 Å².